The van der Waals surface area contributed by atoms with E-state index in [0.717, 1.165) is 43.6 Å². The average molecular weight is 251 g/mol. The lowest BCUT2D eigenvalue weighted by atomic mass is 9.79. The van der Waals surface area contributed by atoms with Gasteiger partial charge in [-0.3, -0.25) is 4.68 Å². The highest BCUT2D eigenvalue weighted by Gasteiger charge is 2.34. The summed E-state index contributed by atoms with van der Waals surface area (Å²) in [6.45, 7) is 5.06. The molecule has 18 heavy (non-hydrogen) atoms. The third-order valence-corrected chi connectivity index (χ3v) is 3.95. The van der Waals surface area contributed by atoms with Crippen LogP contribution >= 0.6 is 0 Å². The van der Waals surface area contributed by atoms with Crippen molar-refractivity contribution in [3.05, 3.63) is 17.5 Å². The molecule has 102 valence electrons. The van der Waals surface area contributed by atoms with Crippen LogP contribution in [-0.2, 0) is 19.4 Å². The number of hydrogen-bond acceptors (Lipinski definition) is 3. The molecule has 3 N–H and O–H groups in total. The van der Waals surface area contributed by atoms with Crippen molar-refractivity contribution in [2.24, 2.45) is 5.73 Å². The standard InChI is InChI=1S/C14H25N3O/c1-3-12-8-13(17(4-2)16-12)10-14(18)7-5-6-11(15)9-14/h8,11,18H,3-7,9-10,15H2,1-2H3. The fourth-order valence-electron chi connectivity index (χ4n) is 2.99. The summed E-state index contributed by atoms with van der Waals surface area (Å²) in [5, 5.41) is 15.2. The number of nitrogens with zero attached hydrogens (tertiary/aromatic N) is 2. The molecule has 2 unspecified atom stereocenters. The van der Waals surface area contributed by atoms with Crippen LogP contribution in [0.4, 0.5) is 0 Å². The fourth-order valence-corrected chi connectivity index (χ4v) is 2.99. The minimum absolute atomic E-state index is 0.146. The maximum Gasteiger partial charge on any atom is 0.0717 e. The number of aryl methyl sites for hydroxylation is 2. The molecule has 0 spiro atoms. The number of hydrogen-bond donors (Lipinski definition) is 2. The van der Waals surface area contributed by atoms with Gasteiger partial charge in [-0.05, 0) is 45.1 Å². The lowest BCUT2D eigenvalue weighted by Gasteiger charge is -2.35. The van der Waals surface area contributed by atoms with E-state index in [2.05, 4.69) is 25.0 Å². The second kappa shape index (κ2) is 5.41. The van der Waals surface area contributed by atoms with Crippen LogP contribution < -0.4 is 5.73 Å². The molecule has 0 radical (unpaired) electrons. The van der Waals surface area contributed by atoms with Crippen LogP contribution in [0.25, 0.3) is 0 Å². The first-order valence-electron chi connectivity index (χ1n) is 7.10. The minimum Gasteiger partial charge on any atom is -0.389 e. The SMILES string of the molecule is CCc1cc(CC2(O)CCCC(N)C2)n(CC)n1. The third kappa shape index (κ3) is 2.93. The highest BCUT2D eigenvalue weighted by Crippen LogP contribution is 2.30. The first-order chi connectivity index (χ1) is 8.56. The summed E-state index contributed by atoms with van der Waals surface area (Å²) in [5.41, 5.74) is 7.61. The summed E-state index contributed by atoms with van der Waals surface area (Å²) in [5.74, 6) is 0. The van der Waals surface area contributed by atoms with Crippen molar-refractivity contribution in [3.63, 3.8) is 0 Å². The zero-order valence-electron chi connectivity index (χ0n) is 11.5. The van der Waals surface area contributed by atoms with Gasteiger partial charge in [0.15, 0.2) is 0 Å². The van der Waals surface area contributed by atoms with E-state index in [4.69, 9.17) is 5.73 Å². The van der Waals surface area contributed by atoms with Crippen molar-refractivity contribution in [2.45, 2.75) is 70.6 Å². The molecule has 1 saturated carbocycles. The van der Waals surface area contributed by atoms with Gasteiger partial charge in [0, 0.05) is 24.7 Å². The van der Waals surface area contributed by atoms with Crippen molar-refractivity contribution in [1.82, 2.24) is 9.78 Å². The molecular formula is C14H25N3O. The Morgan fingerprint density at radius 3 is 2.94 bits per heavy atom. The second-order valence-electron chi connectivity index (χ2n) is 5.55. The summed E-state index contributed by atoms with van der Waals surface area (Å²) >= 11 is 0. The van der Waals surface area contributed by atoms with Crippen LogP contribution in [0, 0.1) is 0 Å². The summed E-state index contributed by atoms with van der Waals surface area (Å²) in [6, 6.07) is 2.27. The second-order valence-corrected chi connectivity index (χ2v) is 5.55. The van der Waals surface area contributed by atoms with Gasteiger partial charge in [0.25, 0.3) is 0 Å². The van der Waals surface area contributed by atoms with E-state index in [1.54, 1.807) is 0 Å². The lowest BCUT2D eigenvalue weighted by Crippen LogP contribution is -2.43. The van der Waals surface area contributed by atoms with Crippen molar-refractivity contribution in [1.29, 1.82) is 0 Å². The molecule has 2 rings (SSSR count). The Kier molecular flexibility index (Phi) is 4.07. The normalized spacial score (nSPS) is 28.6. The van der Waals surface area contributed by atoms with Gasteiger partial charge in [-0.2, -0.15) is 5.10 Å². The van der Waals surface area contributed by atoms with E-state index in [1.165, 1.54) is 0 Å². The van der Waals surface area contributed by atoms with Crippen molar-refractivity contribution in [2.75, 3.05) is 0 Å². The molecule has 4 nitrogen and oxygen atoms in total. The Morgan fingerprint density at radius 2 is 2.33 bits per heavy atom. The monoisotopic (exact) mass is 251 g/mol. The van der Waals surface area contributed by atoms with Crippen LogP contribution in [-0.4, -0.2) is 26.5 Å². The van der Waals surface area contributed by atoms with Gasteiger partial charge in [0.05, 0.1) is 11.3 Å². The Bertz CT molecular complexity index is 402. The van der Waals surface area contributed by atoms with E-state index in [0.29, 0.717) is 12.8 Å². The van der Waals surface area contributed by atoms with Crippen LogP contribution in [0.5, 0.6) is 0 Å². The predicted octanol–water partition coefficient (Wildman–Crippen LogP) is 1.64. The maximum atomic E-state index is 10.7. The molecule has 2 atom stereocenters. The molecule has 1 fully saturated rings. The van der Waals surface area contributed by atoms with Gasteiger partial charge in [-0.25, -0.2) is 0 Å². The molecule has 1 aliphatic rings. The first-order valence-corrected chi connectivity index (χ1v) is 7.10. The molecule has 1 aliphatic carbocycles. The van der Waals surface area contributed by atoms with E-state index in [1.807, 2.05) is 4.68 Å². The smallest absolute Gasteiger partial charge is 0.0717 e. The minimum atomic E-state index is -0.629. The van der Waals surface area contributed by atoms with Gasteiger partial charge >= 0.3 is 0 Å². The van der Waals surface area contributed by atoms with E-state index in [9.17, 15) is 5.11 Å². The Labute approximate surface area is 109 Å². The molecule has 0 aromatic carbocycles. The van der Waals surface area contributed by atoms with Gasteiger partial charge in [0.1, 0.15) is 0 Å². The van der Waals surface area contributed by atoms with Gasteiger partial charge in [-0.15, -0.1) is 0 Å². The van der Waals surface area contributed by atoms with Gasteiger partial charge in [-0.1, -0.05) is 6.92 Å². The molecule has 0 bridgehead atoms. The summed E-state index contributed by atoms with van der Waals surface area (Å²) in [6.07, 6.45) is 5.26. The predicted molar refractivity (Wildman–Crippen MR) is 72.4 cm³/mol. The molecular weight excluding hydrogens is 226 g/mol. The van der Waals surface area contributed by atoms with Crippen molar-refractivity contribution in [3.8, 4) is 0 Å². The summed E-state index contributed by atoms with van der Waals surface area (Å²) in [7, 11) is 0. The topological polar surface area (TPSA) is 64.1 Å². The number of nitrogens with two attached hydrogens (primary N) is 1. The van der Waals surface area contributed by atoms with Crippen LogP contribution in [0.2, 0.25) is 0 Å². The molecule has 4 heteroatoms. The molecule has 0 amide bonds. The third-order valence-electron chi connectivity index (χ3n) is 3.95. The number of aliphatic hydroxyl groups is 1. The fraction of sp³-hybridized carbons (Fsp3) is 0.786. The van der Waals surface area contributed by atoms with E-state index >= 15 is 0 Å². The van der Waals surface area contributed by atoms with Gasteiger partial charge in [0.2, 0.25) is 0 Å². The molecule has 1 heterocycles. The highest BCUT2D eigenvalue weighted by atomic mass is 16.3. The number of aromatic nitrogens is 2. The first kappa shape index (κ1) is 13.6. The van der Waals surface area contributed by atoms with Crippen LogP contribution in [0.15, 0.2) is 6.07 Å². The average Bonchev–Trinajstić information content (AvgIpc) is 2.70. The maximum absolute atomic E-state index is 10.7. The van der Waals surface area contributed by atoms with Crippen LogP contribution in [0.1, 0.15) is 50.9 Å². The van der Waals surface area contributed by atoms with Crippen molar-refractivity contribution < 1.29 is 5.11 Å². The molecule has 1 aromatic heterocycles. The lowest BCUT2D eigenvalue weighted by molar-refractivity contribution is -0.00354. The molecule has 0 aliphatic heterocycles. The zero-order valence-corrected chi connectivity index (χ0v) is 11.5. The van der Waals surface area contributed by atoms with E-state index in [-0.39, 0.29) is 6.04 Å². The Morgan fingerprint density at radius 1 is 1.56 bits per heavy atom. The quantitative estimate of drug-likeness (QED) is 0.855. The Hall–Kier alpha value is -0.870. The van der Waals surface area contributed by atoms with Crippen molar-refractivity contribution >= 4 is 0 Å². The number of rotatable bonds is 4. The van der Waals surface area contributed by atoms with E-state index < -0.39 is 5.60 Å². The van der Waals surface area contributed by atoms with Gasteiger partial charge < -0.3 is 10.8 Å². The summed E-state index contributed by atoms with van der Waals surface area (Å²) in [4.78, 5) is 0. The Balaban J connectivity index is 2.14. The van der Waals surface area contributed by atoms with Crippen LogP contribution in [0.3, 0.4) is 0 Å². The largest absolute Gasteiger partial charge is 0.389 e. The zero-order chi connectivity index (χ0) is 13.2. The molecule has 0 saturated heterocycles. The summed E-state index contributed by atoms with van der Waals surface area (Å²) < 4.78 is 2.01. The highest BCUT2D eigenvalue weighted by molar-refractivity contribution is 5.14. The molecule has 1 aromatic rings.